The average molecular weight is 503 g/mol. The van der Waals surface area contributed by atoms with Crippen molar-refractivity contribution in [2.75, 3.05) is 26.3 Å². The standard InChI is InChI=1S/C28H42N2O6/c1-4-7-11-16-29-17-13-15-28-21(24(32)30(20(5-2)19-31)23(28)25(29)33)22-26(34)35-18-12-9-8-10-14-27(22,6-3)36-28/h10,13-15,20-23,31H,4-9,11-12,16-19H2,1-3H3/b14-10-/t20-,21-,22-,23?,27+,28-/m0/s1. The minimum Gasteiger partial charge on any atom is -0.465 e. The average Bonchev–Trinajstić information content (AvgIpc) is 3.24. The van der Waals surface area contributed by atoms with Crippen molar-refractivity contribution in [3.05, 3.63) is 24.3 Å². The lowest BCUT2D eigenvalue weighted by Gasteiger charge is -2.40. The molecule has 6 atom stereocenters. The number of hydrogen-bond acceptors (Lipinski definition) is 6. The third-order valence-electron chi connectivity index (χ3n) is 8.51. The molecule has 4 aliphatic heterocycles. The van der Waals surface area contributed by atoms with Crippen molar-refractivity contribution >= 4 is 17.8 Å². The summed E-state index contributed by atoms with van der Waals surface area (Å²) >= 11 is 0. The zero-order valence-electron chi connectivity index (χ0n) is 22.0. The van der Waals surface area contributed by atoms with Crippen LogP contribution in [0.4, 0.5) is 0 Å². The summed E-state index contributed by atoms with van der Waals surface area (Å²) in [5.41, 5.74) is -2.34. The fraction of sp³-hybridized carbons (Fsp3) is 0.750. The molecule has 200 valence electrons. The highest BCUT2D eigenvalue weighted by Crippen LogP contribution is 2.58. The second-order valence-corrected chi connectivity index (χ2v) is 10.6. The molecule has 0 aliphatic carbocycles. The zero-order chi connectivity index (χ0) is 25.9. The van der Waals surface area contributed by atoms with E-state index in [1.165, 1.54) is 4.90 Å². The van der Waals surface area contributed by atoms with Gasteiger partial charge in [0.1, 0.15) is 23.2 Å². The molecule has 0 saturated carbocycles. The fourth-order valence-corrected chi connectivity index (χ4v) is 6.58. The Morgan fingerprint density at radius 3 is 2.56 bits per heavy atom. The van der Waals surface area contributed by atoms with E-state index in [1.54, 1.807) is 4.90 Å². The Morgan fingerprint density at radius 1 is 1.06 bits per heavy atom. The van der Waals surface area contributed by atoms with Gasteiger partial charge in [0.15, 0.2) is 0 Å². The van der Waals surface area contributed by atoms with Crippen molar-refractivity contribution < 1.29 is 29.0 Å². The summed E-state index contributed by atoms with van der Waals surface area (Å²) in [5, 5.41) is 10.2. The largest absolute Gasteiger partial charge is 0.465 e. The smallest absolute Gasteiger partial charge is 0.313 e. The van der Waals surface area contributed by atoms with Crippen LogP contribution in [0.15, 0.2) is 24.3 Å². The first-order valence-electron chi connectivity index (χ1n) is 13.8. The van der Waals surface area contributed by atoms with Gasteiger partial charge in [-0.2, -0.15) is 0 Å². The van der Waals surface area contributed by atoms with Crippen LogP contribution in [0.2, 0.25) is 0 Å². The van der Waals surface area contributed by atoms with Gasteiger partial charge in [-0.1, -0.05) is 57.9 Å². The van der Waals surface area contributed by atoms with E-state index < -0.39 is 41.1 Å². The van der Waals surface area contributed by atoms with Crippen LogP contribution in [0.3, 0.4) is 0 Å². The van der Waals surface area contributed by atoms with Gasteiger partial charge in [0.05, 0.1) is 25.2 Å². The molecule has 1 spiro atoms. The highest BCUT2D eigenvalue weighted by Gasteiger charge is 2.75. The zero-order valence-corrected chi connectivity index (χ0v) is 22.0. The van der Waals surface area contributed by atoms with Crippen molar-refractivity contribution in [2.45, 2.75) is 95.4 Å². The number of aliphatic hydroxyl groups is 1. The van der Waals surface area contributed by atoms with Crippen molar-refractivity contribution in [3.63, 3.8) is 0 Å². The SMILES string of the molecule is CCCCCN1CC=C[C@]23O[C@]4(CC)/C=C\CCCCOC(=O)[C@@H]4[C@H]2C(=O)N([C@@H](CC)CO)C3C1=O. The highest BCUT2D eigenvalue weighted by molar-refractivity contribution is 5.99. The van der Waals surface area contributed by atoms with E-state index in [-0.39, 0.29) is 18.4 Å². The van der Waals surface area contributed by atoms with Gasteiger partial charge in [0.2, 0.25) is 11.8 Å². The van der Waals surface area contributed by atoms with Crippen LogP contribution in [0.1, 0.15) is 72.1 Å². The predicted octanol–water partition coefficient (Wildman–Crippen LogP) is 2.99. The van der Waals surface area contributed by atoms with Gasteiger partial charge < -0.3 is 24.4 Å². The molecule has 0 aromatic carbocycles. The van der Waals surface area contributed by atoms with Gasteiger partial charge in [-0.25, -0.2) is 0 Å². The van der Waals surface area contributed by atoms with E-state index in [0.717, 1.165) is 38.5 Å². The molecule has 36 heavy (non-hydrogen) atoms. The maximum atomic E-state index is 14.2. The Hall–Kier alpha value is -2.19. The molecule has 0 aromatic rings. The van der Waals surface area contributed by atoms with Crippen molar-refractivity contribution in [3.8, 4) is 0 Å². The first kappa shape index (κ1) is 26.9. The van der Waals surface area contributed by atoms with Crippen LogP contribution in [0.25, 0.3) is 0 Å². The summed E-state index contributed by atoms with van der Waals surface area (Å²) in [5.74, 6) is -2.68. The lowest BCUT2D eigenvalue weighted by atomic mass is 9.73. The summed E-state index contributed by atoms with van der Waals surface area (Å²) in [7, 11) is 0. The number of esters is 1. The number of rotatable bonds is 8. The number of hydrogen-bond donors (Lipinski definition) is 1. The highest BCUT2D eigenvalue weighted by atomic mass is 16.6. The number of unbranched alkanes of at least 4 members (excludes halogenated alkanes) is 2. The number of allylic oxidation sites excluding steroid dienone is 1. The summed E-state index contributed by atoms with van der Waals surface area (Å²) in [6.45, 7) is 7.03. The summed E-state index contributed by atoms with van der Waals surface area (Å²) < 4.78 is 12.6. The molecule has 2 amide bonds. The molecule has 4 rings (SSSR count). The minimum atomic E-state index is -1.30. The Kier molecular flexibility index (Phi) is 8.25. The van der Waals surface area contributed by atoms with E-state index in [9.17, 15) is 19.5 Å². The fourth-order valence-electron chi connectivity index (χ4n) is 6.58. The number of cyclic esters (lactones) is 1. The van der Waals surface area contributed by atoms with Crippen LogP contribution < -0.4 is 0 Å². The van der Waals surface area contributed by atoms with E-state index in [1.807, 2.05) is 38.2 Å². The summed E-state index contributed by atoms with van der Waals surface area (Å²) in [6.07, 6.45) is 14.2. The lowest BCUT2D eigenvalue weighted by Crippen LogP contribution is -2.58. The van der Waals surface area contributed by atoms with E-state index >= 15 is 0 Å². The third-order valence-corrected chi connectivity index (χ3v) is 8.51. The van der Waals surface area contributed by atoms with E-state index in [4.69, 9.17) is 9.47 Å². The molecule has 1 N–H and O–H groups in total. The molecular weight excluding hydrogens is 460 g/mol. The Balaban J connectivity index is 1.85. The number of amides is 2. The number of fused-ring (bicyclic) bond motifs is 2. The van der Waals surface area contributed by atoms with E-state index in [2.05, 4.69) is 6.92 Å². The van der Waals surface area contributed by atoms with Gasteiger partial charge in [0, 0.05) is 13.1 Å². The monoisotopic (exact) mass is 502 g/mol. The maximum absolute atomic E-state index is 14.2. The molecule has 4 heterocycles. The molecule has 1 unspecified atom stereocenters. The molecule has 0 radical (unpaired) electrons. The predicted molar refractivity (Wildman–Crippen MR) is 135 cm³/mol. The number of carbonyl (C=O) groups is 3. The summed E-state index contributed by atoms with van der Waals surface area (Å²) in [6, 6.07) is -1.47. The van der Waals surface area contributed by atoms with Crippen molar-refractivity contribution in [1.82, 2.24) is 9.80 Å². The number of nitrogens with zero attached hydrogens (tertiary/aromatic N) is 2. The third kappa shape index (κ3) is 4.30. The summed E-state index contributed by atoms with van der Waals surface area (Å²) in [4.78, 5) is 45.3. The van der Waals surface area contributed by atoms with Crippen LogP contribution in [0, 0.1) is 11.8 Å². The van der Waals surface area contributed by atoms with Crippen molar-refractivity contribution in [1.29, 1.82) is 0 Å². The Bertz CT molecular complexity index is 898. The van der Waals surface area contributed by atoms with Gasteiger partial charge >= 0.3 is 5.97 Å². The van der Waals surface area contributed by atoms with E-state index in [0.29, 0.717) is 32.5 Å². The second-order valence-electron chi connectivity index (χ2n) is 10.6. The molecule has 8 nitrogen and oxygen atoms in total. The number of ether oxygens (including phenoxy) is 2. The minimum absolute atomic E-state index is 0.175. The topological polar surface area (TPSA) is 96.4 Å². The molecule has 8 heteroatoms. The van der Waals surface area contributed by atoms with Gasteiger partial charge in [-0.15, -0.1) is 0 Å². The Labute approximate surface area is 214 Å². The van der Waals surface area contributed by atoms with Gasteiger partial charge in [-0.3, -0.25) is 14.4 Å². The molecule has 2 saturated heterocycles. The molecule has 2 fully saturated rings. The number of aliphatic hydroxyl groups excluding tert-OH is 1. The molecule has 4 aliphatic rings. The quantitative estimate of drug-likeness (QED) is 0.311. The number of carbonyl (C=O) groups excluding carboxylic acids is 3. The Morgan fingerprint density at radius 2 is 1.86 bits per heavy atom. The molecule has 0 aromatic heterocycles. The first-order chi connectivity index (χ1) is 17.4. The molecular formula is C28H42N2O6. The van der Waals surface area contributed by atoms with Crippen molar-refractivity contribution in [2.24, 2.45) is 11.8 Å². The van der Waals surface area contributed by atoms with Gasteiger partial charge in [0.25, 0.3) is 0 Å². The maximum Gasteiger partial charge on any atom is 0.313 e. The van der Waals surface area contributed by atoms with Crippen LogP contribution in [-0.2, 0) is 23.9 Å². The van der Waals surface area contributed by atoms with Crippen LogP contribution >= 0.6 is 0 Å². The first-order valence-corrected chi connectivity index (χ1v) is 13.8. The van der Waals surface area contributed by atoms with Crippen LogP contribution in [-0.4, -0.2) is 82.3 Å². The molecule has 0 bridgehead atoms. The number of likely N-dealkylation sites (tertiary alicyclic amines) is 1. The lowest BCUT2D eigenvalue weighted by molar-refractivity contribution is -0.163. The van der Waals surface area contributed by atoms with Crippen LogP contribution in [0.5, 0.6) is 0 Å². The second kappa shape index (κ2) is 11.1. The normalized spacial score (nSPS) is 36.1. The van der Waals surface area contributed by atoms with Gasteiger partial charge in [-0.05, 0) is 38.5 Å².